The second kappa shape index (κ2) is 6.68. The van der Waals surface area contributed by atoms with Gasteiger partial charge in [-0.15, -0.1) is 0 Å². The van der Waals surface area contributed by atoms with Crippen LogP contribution in [0.2, 0.25) is 0 Å². The van der Waals surface area contributed by atoms with Gasteiger partial charge in [0.25, 0.3) is 0 Å². The fourth-order valence-electron chi connectivity index (χ4n) is 1.70. The Morgan fingerprint density at radius 1 is 1.39 bits per heavy atom. The molecule has 1 aromatic carbocycles. The monoisotopic (exact) mass is 257 g/mol. The van der Waals surface area contributed by atoms with Crippen LogP contribution in [0.3, 0.4) is 0 Å². The average Bonchev–Trinajstić information content (AvgIpc) is 2.35. The van der Waals surface area contributed by atoms with E-state index in [0.29, 0.717) is 24.5 Å². The summed E-state index contributed by atoms with van der Waals surface area (Å²) in [7, 11) is 3.10. The second-order valence-corrected chi connectivity index (χ2v) is 4.29. The largest absolute Gasteiger partial charge is 0.496 e. The number of halogens is 1. The maximum atomic E-state index is 13.2. The summed E-state index contributed by atoms with van der Waals surface area (Å²) < 4.78 is 23.3. The van der Waals surface area contributed by atoms with Crippen LogP contribution in [0.1, 0.15) is 12.5 Å². The molecule has 0 heterocycles. The predicted molar refractivity (Wildman–Crippen MR) is 67.3 cm³/mol. The number of ether oxygens (including phenoxy) is 2. The van der Waals surface area contributed by atoms with Crippen molar-refractivity contribution >= 4 is 0 Å². The lowest BCUT2D eigenvalue weighted by atomic mass is 9.95. The standard InChI is InChI=1S/C13H20FNO3/c1-13(16,9-15-6-7-17-2)11-8-10(14)4-5-12(11)18-3/h4-5,8,15-16H,6-7,9H2,1-3H3. The molecule has 0 saturated heterocycles. The molecule has 4 nitrogen and oxygen atoms in total. The highest BCUT2D eigenvalue weighted by molar-refractivity contribution is 5.38. The molecule has 5 heteroatoms. The van der Waals surface area contributed by atoms with E-state index in [9.17, 15) is 9.50 Å². The Kier molecular flexibility index (Phi) is 5.53. The van der Waals surface area contributed by atoms with E-state index in [-0.39, 0.29) is 6.54 Å². The van der Waals surface area contributed by atoms with Crippen LogP contribution in [-0.4, -0.2) is 39.0 Å². The van der Waals surface area contributed by atoms with Crippen LogP contribution in [0.25, 0.3) is 0 Å². The van der Waals surface area contributed by atoms with Crippen molar-refractivity contribution in [1.82, 2.24) is 5.32 Å². The molecule has 1 aromatic rings. The molecule has 0 fully saturated rings. The third-order valence-electron chi connectivity index (χ3n) is 2.69. The molecule has 1 unspecified atom stereocenters. The molecule has 0 bridgehead atoms. The molecule has 1 atom stereocenters. The van der Waals surface area contributed by atoms with Crippen molar-refractivity contribution in [2.45, 2.75) is 12.5 Å². The summed E-state index contributed by atoms with van der Waals surface area (Å²) in [5, 5.41) is 13.4. The number of aliphatic hydroxyl groups is 1. The topological polar surface area (TPSA) is 50.7 Å². The van der Waals surface area contributed by atoms with Gasteiger partial charge < -0.3 is 19.9 Å². The highest BCUT2D eigenvalue weighted by Gasteiger charge is 2.26. The molecule has 1 rings (SSSR count). The van der Waals surface area contributed by atoms with Gasteiger partial charge in [0.05, 0.1) is 13.7 Å². The van der Waals surface area contributed by atoms with Gasteiger partial charge in [-0.3, -0.25) is 0 Å². The zero-order valence-electron chi connectivity index (χ0n) is 11.0. The fraction of sp³-hybridized carbons (Fsp3) is 0.538. The van der Waals surface area contributed by atoms with E-state index in [1.807, 2.05) is 0 Å². The number of methoxy groups -OCH3 is 2. The minimum atomic E-state index is -1.21. The Bertz CT molecular complexity index is 382. The SMILES string of the molecule is COCCNCC(C)(O)c1cc(F)ccc1OC. The molecule has 0 aliphatic heterocycles. The number of rotatable bonds is 7. The summed E-state index contributed by atoms with van der Waals surface area (Å²) in [4.78, 5) is 0. The first-order valence-electron chi connectivity index (χ1n) is 5.77. The second-order valence-electron chi connectivity index (χ2n) is 4.29. The molecule has 2 N–H and O–H groups in total. The predicted octanol–water partition coefficient (Wildman–Crippen LogP) is 1.28. The van der Waals surface area contributed by atoms with Gasteiger partial charge in [0, 0.05) is 25.8 Å². The summed E-state index contributed by atoms with van der Waals surface area (Å²) >= 11 is 0. The molecular formula is C13H20FNO3. The molecule has 0 aromatic heterocycles. The van der Waals surface area contributed by atoms with Crippen molar-refractivity contribution in [3.8, 4) is 5.75 Å². The lowest BCUT2D eigenvalue weighted by molar-refractivity contribution is 0.0521. The van der Waals surface area contributed by atoms with E-state index in [4.69, 9.17) is 9.47 Å². The van der Waals surface area contributed by atoms with Gasteiger partial charge in [0.1, 0.15) is 17.2 Å². The minimum Gasteiger partial charge on any atom is -0.496 e. The van der Waals surface area contributed by atoms with Gasteiger partial charge in [-0.2, -0.15) is 0 Å². The first-order valence-corrected chi connectivity index (χ1v) is 5.77. The van der Waals surface area contributed by atoms with E-state index in [2.05, 4.69) is 5.32 Å². The van der Waals surface area contributed by atoms with Crippen molar-refractivity contribution in [2.75, 3.05) is 33.9 Å². The van der Waals surface area contributed by atoms with Gasteiger partial charge in [0.15, 0.2) is 0 Å². The van der Waals surface area contributed by atoms with Crippen LogP contribution in [-0.2, 0) is 10.3 Å². The number of hydrogen-bond acceptors (Lipinski definition) is 4. The van der Waals surface area contributed by atoms with Gasteiger partial charge in [-0.05, 0) is 25.1 Å². The van der Waals surface area contributed by atoms with E-state index in [1.54, 1.807) is 14.0 Å². The normalized spacial score (nSPS) is 14.3. The van der Waals surface area contributed by atoms with Gasteiger partial charge >= 0.3 is 0 Å². The van der Waals surface area contributed by atoms with Crippen LogP contribution in [0.4, 0.5) is 4.39 Å². The first-order chi connectivity index (χ1) is 8.51. The van der Waals surface area contributed by atoms with Crippen LogP contribution in [0, 0.1) is 5.82 Å². The molecule has 0 amide bonds. The fourth-order valence-corrected chi connectivity index (χ4v) is 1.70. The Balaban J connectivity index is 2.79. The van der Waals surface area contributed by atoms with Gasteiger partial charge in [-0.1, -0.05) is 0 Å². The summed E-state index contributed by atoms with van der Waals surface area (Å²) in [5.74, 6) is 0.0675. The summed E-state index contributed by atoms with van der Waals surface area (Å²) in [6.07, 6.45) is 0. The molecule has 18 heavy (non-hydrogen) atoms. The molecule has 0 spiro atoms. The van der Waals surface area contributed by atoms with Crippen molar-refractivity contribution in [2.24, 2.45) is 0 Å². The maximum absolute atomic E-state index is 13.2. The van der Waals surface area contributed by atoms with Crippen molar-refractivity contribution in [1.29, 1.82) is 0 Å². The molecule has 102 valence electrons. The Morgan fingerprint density at radius 3 is 2.72 bits per heavy atom. The maximum Gasteiger partial charge on any atom is 0.125 e. The molecule has 0 saturated carbocycles. The smallest absolute Gasteiger partial charge is 0.125 e. The highest BCUT2D eigenvalue weighted by atomic mass is 19.1. The van der Waals surface area contributed by atoms with Crippen LogP contribution < -0.4 is 10.1 Å². The molecule has 0 aliphatic rings. The first kappa shape index (κ1) is 14.9. The van der Waals surface area contributed by atoms with E-state index in [0.717, 1.165) is 0 Å². The third kappa shape index (κ3) is 3.94. The Morgan fingerprint density at radius 2 is 2.11 bits per heavy atom. The Hall–Kier alpha value is -1.17. The van der Waals surface area contributed by atoms with Crippen LogP contribution in [0.15, 0.2) is 18.2 Å². The van der Waals surface area contributed by atoms with Crippen molar-refractivity contribution in [3.05, 3.63) is 29.6 Å². The number of benzene rings is 1. The summed E-state index contributed by atoms with van der Waals surface area (Å²) in [6, 6.07) is 4.10. The average molecular weight is 257 g/mol. The quantitative estimate of drug-likeness (QED) is 0.722. The van der Waals surface area contributed by atoms with E-state index < -0.39 is 11.4 Å². The summed E-state index contributed by atoms with van der Waals surface area (Å²) in [5.41, 5.74) is -0.781. The van der Waals surface area contributed by atoms with Crippen molar-refractivity contribution < 1.29 is 19.0 Å². The zero-order valence-corrected chi connectivity index (χ0v) is 11.0. The Labute approximate surface area is 107 Å². The number of hydrogen-bond donors (Lipinski definition) is 2. The van der Waals surface area contributed by atoms with Crippen LogP contribution in [0.5, 0.6) is 5.75 Å². The lowest BCUT2D eigenvalue weighted by Crippen LogP contribution is -2.37. The molecule has 0 aliphatic carbocycles. The third-order valence-corrected chi connectivity index (χ3v) is 2.69. The molecular weight excluding hydrogens is 237 g/mol. The summed E-state index contributed by atoms with van der Waals surface area (Å²) in [6.45, 7) is 3.07. The number of nitrogens with one attached hydrogen (secondary N) is 1. The zero-order chi connectivity index (χ0) is 13.6. The van der Waals surface area contributed by atoms with Gasteiger partial charge in [-0.25, -0.2) is 4.39 Å². The van der Waals surface area contributed by atoms with Crippen LogP contribution >= 0.6 is 0 Å². The molecule has 0 radical (unpaired) electrons. The highest BCUT2D eigenvalue weighted by Crippen LogP contribution is 2.30. The van der Waals surface area contributed by atoms with E-state index >= 15 is 0 Å². The van der Waals surface area contributed by atoms with Gasteiger partial charge in [0.2, 0.25) is 0 Å². The lowest BCUT2D eigenvalue weighted by Gasteiger charge is -2.26. The van der Waals surface area contributed by atoms with Crippen molar-refractivity contribution in [3.63, 3.8) is 0 Å². The van der Waals surface area contributed by atoms with E-state index in [1.165, 1.54) is 25.3 Å². The minimum absolute atomic E-state index is 0.288.